The number of allylic oxidation sites excluding steroid dienone is 3. The molecule has 0 bridgehead atoms. The molecule has 3 nitrogen and oxygen atoms in total. The fourth-order valence-corrected chi connectivity index (χ4v) is 2.61. The highest BCUT2D eigenvalue weighted by atomic mass is 16.1. The van der Waals surface area contributed by atoms with E-state index in [0.717, 1.165) is 18.2 Å². The van der Waals surface area contributed by atoms with Crippen LogP contribution in [0.4, 0.5) is 5.69 Å². The number of rotatable bonds is 5. The van der Waals surface area contributed by atoms with E-state index in [0.29, 0.717) is 0 Å². The predicted molar refractivity (Wildman–Crippen MR) is 92.7 cm³/mol. The van der Waals surface area contributed by atoms with Crippen molar-refractivity contribution in [2.75, 3.05) is 18.4 Å². The number of piperidine rings is 1. The van der Waals surface area contributed by atoms with Crippen LogP contribution in [0.15, 0.2) is 48.6 Å². The fraction of sp³-hybridized carbons (Fsp3) is 0.421. The summed E-state index contributed by atoms with van der Waals surface area (Å²) < 4.78 is 0. The first kappa shape index (κ1) is 16.5. The molecule has 1 aromatic carbocycles. The number of anilines is 1. The zero-order chi connectivity index (χ0) is 15.8. The number of carbonyl (C=O) groups is 1. The third-order valence-electron chi connectivity index (χ3n) is 4.06. The van der Waals surface area contributed by atoms with Gasteiger partial charge in [-0.05, 0) is 56.5 Å². The number of carbonyl (C=O) groups excluding carboxylic acids is 1. The van der Waals surface area contributed by atoms with Crippen molar-refractivity contribution in [3.8, 4) is 0 Å². The molecule has 1 aliphatic rings. The smallest absolute Gasteiger partial charge is 0.248 e. The van der Waals surface area contributed by atoms with E-state index in [1.54, 1.807) is 6.08 Å². The molecule has 1 aromatic rings. The summed E-state index contributed by atoms with van der Waals surface area (Å²) in [5, 5.41) is 2.86. The van der Waals surface area contributed by atoms with E-state index >= 15 is 0 Å². The number of nitrogens with zero attached hydrogens (tertiary/aromatic N) is 1. The quantitative estimate of drug-likeness (QED) is 0.658. The van der Waals surface area contributed by atoms with Crippen molar-refractivity contribution in [1.82, 2.24) is 4.90 Å². The van der Waals surface area contributed by atoms with Crippen LogP contribution in [0.5, 0.6) is 0 Å². The van der Waals surface area contributed by atoms with Crippen molar-refractivity contribution in [2.24, 2.45) is 5.92 Å². The maximum Gasteiger partial charge on any atom is 0.248 e. The average Bonchev–Trinajstić information content (AvgIpc) is 2.52. The molecule has 0 spiro atoms. The summed E-state index contributed by atoms with van der Waals surface area (Å²) in [6.07, 6.45) is 9.59. The van der Waals surface area contributed by atoms with Gasteiger partial charge in [0, 0.05) is 18.3 Å². The summed E-state index contributed by atoms with van der Waals surface area (Å²) in [4.78, 5) is 14.2. The lowest BCUT2D eigenvalue weighted by Crippen LogP contribution is -2.32. The van der Waals surface area contributed by atoms with Gasteiger partial charge in [-0.3, -0.25) is 9.69 Å². The Bertz CT molecular complexity index is 523. The molecule has 118 valence electrons. The van der Waals surface area contributed by atoms with E-state index < -0.39 is 0 Å². The molecule has 1 N–H and O–H groups in total. The van der Waals surface area contributed by atoms with Gasteiger partial charge in [-0.1, -0.05) is 37.3 Å². The first-order chi connectivity index (χ1) is 10.7. The SMILES string of the molecule is C/C=C/C=C/C(=O)Nc1ccc(CN2CCC(C)CC2)cc1. The molecule has 0 saturated carbocycles. The van der Waals surface area contributed by atoms with Crippen LogP contribution in [-0.4, -0.2) is 23.9 Å². The summed E-state index contributed by atoms with van der Waals surface area (Å²) >= 11 is 0. The molecule has 3 heteroatoms. The zero-order valence-electron chi connectivity index (χ0n) is 13.6. The normalized spacial score (nSPS) is 17.4. The number of nitrogens with one attached hydrogen (secondary N) is 1. The summed E-state index contributed by atoms with van der Waals surface area (Å²) in [5.41, 5.74) is 2.14. The number of amides is 1. The molecule has 1 heterocycles. The topological polar surface area (TPSA) is 32.3 Å². The van der Waals surface area contributed by atoms with Gasteiger partial charge < -0.3 is 5.32 Å². The van der Waals surface area contributed by atoms with E-state index in [1.807, 2.05) is 31.2 Å². The highest BCUT2D eigenvalue weighted by molar-refractivity contribution is 5.99. The Labute approximate surface area is 133 Å². The van der Waals surface area contributed by atoms with Crippen LogP contribution in [0, 0.1) is 5.92 Å². The first-order valence-corrected chi connectivity index (χ1v) is 8.09. The molecule has 22 heavy (non-hydrogen) atoms. The Morgan fingerprint density at radius 2 is 1.91 bits per heavy atom. The molecular weight excluding hydrogens is 272 g/mol. The van der Waals surface area contributed by atoms with Crippen LogP contribution >= 0.6 is 0 Å². The van der Waals surface area contributed by atoms with Crippen molar-refractivity contribution in [1.29, 1.82) is 0 Å². The monoisotopic (exact) mass is 298 g/mol. The average molecular weight is 298 g/mol. The second-order valence-electron chi connectivity index (χ2n) is 6.03. The standard InChI is InChI=1S/C19H26N2O/c1-3-4-5-6-19(22)20-18-9-7-17(8-10-18)15-21-13-11-16(2)12-14-21/h3-10,16H,11-15H2,1-2H3,(H,20,22)/b4-3+,6-5+. The lowest BCUT2D eigenvalue weighted by atomic mass is 9.99. The van der Waals surface area contributed by atoms with Crippen molar-refractivity contribution in [2.45, 2.75) is 33.2 Å². The Morgan fingerprint density at radius 3 is 2.55 bits per heavy atom. The number of likely N-dealkylation sites (tertiary alicyclic amines) is 1. The highest BCUT2D eigenvalue weighted by Gasteiger charge is 2.15. The molecule has 1 amide bonds. The number of hydrogen-bond acceptors (Lipinski definition) is 2. The third kappa shape index (κ3) is 5.49. The Kier molecular flexibility index (Phi) is 6.41. The van der Waals surface area contributed by atoms with Crippen LogP contribution in [0.1, 0.15) is 32.3 Å². The molecular formula is C19H26N2O. The molecule has 0 atom stereocenters. The van der Waals surface area contributed by atoms with Crippen LogP contribution < -0.4 is 5.32 Å². The van der Waals surface area contributed by atoms with Gasteiger partial charge in [0.15, 0.2) is 0 Å². The van der Waals surface area contributed by atoms with Gasteiger partial charge in [-0.25, -0.2) is 0 Å². The van der Waals surface area contributed by atoms with E-state index in [-0.39, 0.29) is 5.91 Å². The molecule has 0 unspecified atom stereocenters. The molecule has 2 rings (SSSR count). The molecule has 0 aliphatic carbocycles. The van der Waals surface area contributed by atoms with Crippen LogP contribution in [0.2, 0.25) is 0 Å². The van der Waals surface area contributed by atoms with Gasteiger partial charge in [0.25, 0.3) is 0 Å². The molecule has 1 saturated heterocycles. The van der Waals surface area contributed by atoms with Crippen LogP contribution in [0.25, 0.3) is 0 Å². The number of hydrogen-bond donors (Lipinski definition) is 1. The lowest BCUT2D eigenvalue weighted by Gasteiger charge is -2.30. The van der Waals surface area contributed by atoms with Crippen LogP contribution in [-0.2, 0) is 11.3 Å². The van der Waals surface area contributed by atoms with Gasteiger partial charge in [0.05, 0.1) is 0 Å². The second kappa shape index (κ2) is 8.54. The maximum absolute atomic E-state index is 11.7. The van der Waals surface area contributed by atoms with E-state index in [2.05, 4.69) is 29.3 Å². The third-order valence-corrected chi connectivity index (χ3v) is 4.06. The maximum atomic E-state index is 11.7. The Hall–Kier alpha value is -1.87. The van der Waals surface area contributed by atoms with Crippen molar-refractivity contribution in [3.63, 3.8) is 0 Å². The fourth-order valence-electron chi connectivity index (χ4n) is 2.61. The molecule has 1 aliphatic heterocycles. The van der Waals surface area contributed by atoms with E-state index in [1.165, 1.54) is 37.6 Å². The minimum absolute atomic E-state index is 0.101. The van der Waals surface area contributed by atoms with Gasteiger partial charge in [-0.15, -0.1) is 0 Å². The minimum Gasteiger partial charge on any atom is -0.323 e. The highest BCUT2D eigenvalue weighted by Crippen LogP contribution is 2.19. The first-order valence-electron chi connectivity index (χ1n) is 8.09. The van der Waals surface area contributed by atoms with E-state index in [4.69, 9.17) is 0 Å². The van der Waals surface area contributed by atoms with Gasteiger partial charge in [-0.2, -0.15) is 0 Å². The van der Waals surface area contributed by atoms with Crippen LogP contribution in [0.3, 0.4) is 0 Å². The zero-order valence-corrected chi connectivity index (χ0v) is 13.6. The predicted octanol–water partition coefficient (Wildman–Crippen LogP) is 3.99. The Balaban J connectivity index is 1.83. The summed E-state index contributed by atoms with van der Waals surface area (Å²) in [7, 11) is 0. The summed E-state index contributed by atoms with van der Waals surface area (Å²) in [5.74, 6) is 0.764. The lowest BCUT2D eigenvalue weighted by molar-refractivity contribution is -0.111. The van der Waals surface area contributed by atoms with Gasteiger partial charge in [0.1, 0.15) is 0 Å². The molecule has 0 radical (unpaired) electrons. The second-order valence-corrected chi connectivity index (χ2v) is 6.03. The largest absolute Gasteiger partial charge is 0.323 e. The van der Waals surface area contributed by atoms with Gasteiger partial charge >= 0.3 is 0 Å². The summed E-state index contributed by atoms with van der Waals surface area (Å²) in [6, 6.07) is 8.15. The van der Waals surface area contributed by atoms with Crippen molar-refractivity contribution >= 4 is 11.6 Å². The van der Waals surface area contributed by atoms with Gasteiger partial charge in [0.2, 0.25) is 5.91 Å². The van der Waals surface area contributed by atoms with Crippen molar-refractivity contribution in [3.05, 3.63) is 54.1 Å². The Morgan fingerprint density at radius 1 is 1.23 bits per heavy atom. The minimum atomic E-state index is -0.101. The molecule has 0 aromatic heterocycles. The molecule has 1 fully saturated rings. The summed E-state index contributed by atoms with van der Waals surface area (Å²) in [6.45, 7) is 7.64. The number of benzene rings is 1. The van der Waals surface area contributed by atoms with Crippen molar-refractivity contribution < 1.29 is 4.79 Å². The van der Waals surface area contributed by atoms with E-state index in [9.17, 15) is 4.79 Å².